The molecule has 17 heavy (non-hydrogen) atoms. The van der Waals surface area contributed by atoms with Crippen LogP contribution in [0, 0.1) is 6.92 Å². The van der Waals surface area contributed by atoms with Crippen LogP contribution < -0.4 is 0 Å². The number of aliphatic carboxylic acids is 1. The molecular formula is C14H14O2S. The van der Waals surface area contributed by atoms with Gasteiger partial charge in [-0.3, -0.25) is 4.79 Å². The minimum Gasteiger partial charge on any atom is -0.481 e. The molecule has 0 amide bonds. The third kappa shape index (κ3) is 2.39. The van der Waals surface area contributed by atoms with E-state index in [-0.39, 0.29) is 0 Å². The van der Waals surface area contributed by atoms with Crippen LogP contribution in [0.1, 0.15) is 24.0 Å². The molecule has 0 saturated heterocycles. The number of carboxylic acids is 1. The molecule has 2 nitrogen and oxygen atoms in total. The Kier molecular flexibility index (Phi) is 3.29. The van der Waals surface area contributed by atoms with Crippen molar-refractivity contribution < 1.29 is 9.90 Å². The second-order valence-corrected chi connectivity index (χ2v) is 5.03. The second kappa shape index (κ2) is 4.72. The summed E-state index contributed by atoms with van der Waals surface area (Å²) in [5, 5.41) is 10.9. The van der Waals surface area contributed by atoms with Gasteiger partial charge in [-0.05, 0) is 42.0 Å². The zero-order valence-corrected chi connectivity index (χ0v) is 10.6. The van der Waals surface area contributed by atoms with Crippen LogP contribution in [0.3, 0.4) is 0 Å². The quantitative estimate of drug-likeness (QED) is 0.891. The molecule has 0 aliphatic rings. The van der Waals surface area contributed by atoms with Crippen LogP contribution in [0.4, 0.5) is 0 Å². The Morgan fingerprint density at radius 3 is 2.71 bits per heavy atom. The summed E-state index contributed by atoms with van der Waals surface area (Å²) in [6, 6.07) is 10.1. The maximum Gasteiger partial charge on any atom is 0.310 e. The molecule has 0 radical (unpaired) electrons. The summed E-state index contributed by atoms with van der Waals surface area (Å²) in [5.41, 5.74) is 3.27. The number of thiophene rings is 1. The fraction of sp³-hybridized carbons (Fsp3) is 0.214. The number of aryl methyl sites for hydroxylation is 1. The Bertz CT molecular complexity index is 543. The first-order chi connectivity index (χ1) is 8.09. The molecule has 0 spiro atoms. The Morgan fingerprint density at radius 1 is 1.35 bits per heavy atom. The summed E-state index contributed by atoms with van der Waals surface area (Å²) in [5.74, 6) is -1.22. The predicted molar refractivity (Wildman–Crippen MR) is 70.5 cm³/mol. The number of benzene rings is 1. The normalized spacial score (nSPS) is 12.4. The van der Waals surface area contributed by atoms with E-state index in [0.717, 1.165) is 10.4 Å². The number of carboxylic acid groups (broad SMARTS) is 1. The highest BCUT2D eigenvalue weighted by atomic mass is 32.1. The van der Waals surface area contributed by atoms with Crippen molar-refractivity contribution in [3.05, 3.63) is 46.8 Å². The summed E-state index contributed by atoms with van der Waals surface area (Å²) in [6.45, 7) is 3.78. The third-order valence-electron chi connectivity index (χ3n) is 2.90. The number of carbonyl (C=O) groups is 1. The van der Waals surface area contributed by atoms with E-state index in [4.69, 9.17) is 5.11 Å². The summed E-state index contributed by atoms with van der Waals surface area (Å²) in [6.07, 6.45) is 0. The van der Waals surface area contributed by atoms with E-state index < -0.39 is 11.9 Å². The standard InChI is InChI=1S/C14H14O2S/c1-9-5-3-4-6-12(9)13-7-11(8-17-13)10(2)14(15)16/h3-8,10H,1-2H3,(H,15,16). The van der Waals surface area contributed by atoms with Gasteiger partial charge >= 0.3 is 5.97 Å². The fourth-order valence-corrected chi connectivity index (χ4v) is 2.81. The van der Waals surface area contributed by atoms with Crippen molar-refractivity contribution in [3.63, 3.8) is 0 Å². The molecule has 0 saturated carbocycles. The summed E-state index contributed by atoms with van der Waals surface area (Å²) >= 11 is 1.60. The second-order valence-electron chi connectivity index (χ2n) is 4.12. The van der Waals surface area contributed by atoms with Crippen molar-refractivity contribution in [3.8, 4) is 10.4 Å². The van der Waals surface area contributed by atoms with Gasteiger partial charge in [-0.15, -0.1) is 11.3 Å². The lowest BCUT2D eigenvalue weighted by Gasteiger charge is -2.03. The molecule has 1 N–H and O–H groups in total. The summed E-state index contributed by atoms with van der Waals surface area (Å²) in [7, 11) is 0. The Hall–Kier alpha value is -1.61. The van der Waals surface area contributed by atoms with E-state index in [1.165, 1.54) is 11.1 Å². The molecule has 3 heteroatoms. The van der Waals surface area contributed by atoms with Crippen LogP contribution in [-0.2, 0) is 4.79 Å². The van der Waals surface area contributed by atoms with Crippen LogP contribution in [0.5, 0.6) is 0 Å². The zero-order valence-electron chi connectivity index (χ0n) is 9.81. The van der Waals surface area contributed by atoms with Gasteiger partial charge in [0, 0.05) is 4.88 Å². The highest BCUT2D eigenvalue weighted by Crippen LogP contribution is 2.32. The van der Waals surface area contributed by atoms with Crippen LogP contribution >= 0.6 is 11.3 Å². The van der Waals surface area contributed by atoms with Crippen molar-refractivity contribution >= 4 is 17.3 Å². The third-order valence-corrected chi connectivity index (χ3v) is 3.88. The van der Waals surface area contributed by atoms with Crippen LogP contribution in [0.2, 0.25) is 0 Å². The lowest BCUT2D eigenvalue weighted by atomic mass is 10.0. The molecule has 2 rings (SSSR count). The van der Waals surface area contributed by atoms with Gasteiger partial charge in [0.25, 0.3) is 0 Å². The molecule has 0 bridgehead atoms. The van der Waals surface area contributed by atoms with Crippen molar-refractivity contribution in [1.29, 1.82) is 0 Å². The average Bonchev–Trinajstić information content (AvgIpc) is 2.77. The molecule has 88 valence electrons. The first kappa shape index (κ1) is 11.9. The van der Waals surface area contributed by atoms with E-state index in [1.807, 2.05) is 23.6 Å². The van der Waals surface area contributed by atoms with Crippen LogP contribution in [0.15, 0.2) is 35.7 Å². The van der Waals surface area contributed by atoms with Crippen LogP contribution in [-0.4, -0.2) is 11.1 Å². The van der Waals surface area contributed by atoms with E-state index in [1.54, 1.807) is 18.3 Å². The van der Waals surface area contributed by atoms with Crippen LogP contribution in [0.25, 0.3) is 10.4 Å². The largest absolute Gasteiger partial charge is 0.481 e. The lowest BCUT2D eigenvalue weighted by molar-refractivity contribution is -0.138. The number of hydrogen-bond acceptors (Lipinski definition) is 2. The summed E-state index contributed by atoms with van der Waals surface area (Å²) < 4.78 is 0. The van der Waals surface area contributed by atoms with Gasteiger partial charge in [0.05, 0.1) is 5.92 Å². The molecule has 1 heterocycles. The monoisotopic (exact) mass is 246 g/mol. The maximum atomic E-state index is 10.9. The molecular weight excluding hydrogens is 232 g/mol. The molecule has 2 aromatic rings. The average molecular weight is 246 g/mol. The van der Waals surface area contributed by atoms with Gasteiger partial charge in [0.1, 0.15) is 0 Å². The molecule has 0 aliphatic carbocycles. The van der Waals surface area contributed by atoms with Crippen molar-refractivity contribution in [2.45, 2.75) is 19.8 Å². The van der Waals surface area contributed by atoms with E-state index >= 15 is 0 Å². The predicted octanol–water partition coefficient (Wildman–Crippen LogP) is 3.91. The molecule has 1 aromatic carbocycles. The van der Waals surface area contributed by atoms with Gasteiger partial charge in [-0.1, -0.05) is 24.3 Å². The maximum absolute atomic E-state index is 10.9. The van der Waals surface area contributed by atoms with Gasteiger partial charge in [0.2, 0.25) is 0 Å². The first-order valence-corrected chi connectivity index (χ1v) is 6.35. The Morgan fingerprint density at radius 2 is 2.06 bits per heavy atom. The first-order valence-electron chi connectivity index (χ1n) is 5.47. The van der Waals surface area contributed by atoms with Crippen molar-refractivity contribution in [2.24, 2.45) is 0 Å². The van der Waals surface area contributed by atoms with Gasteiger partial charge in [-0.2, -0.15) is 0 Å². The molecule has 1 unspecified atom stereocenters. The number of rotatable bonds is 3. The minimum absolute atomic E-state index is 0.441. The highest BCUT2D eigenvalue weighted by molar-refractivity contribution is 7.13. The Labute approximate surface area is 105 Å². The molecule has 1 aromatic heterocycles. The Balaban J connectivity index is 2.37. The lowest BCUT2D eigenvalue weighted by Crippen LogP contribution is -2.05. The topological polar surface area (TPSA) is 37.3 Å². The SMILES string of the molecule is Cc1ccccc1-c1cc(C(C)C(=O)O)cs1. The zero-order chi connectivity index (χ0) is 12.4. The molecule has 1 atom stereocenters. The number of hydrogen-bond donors (Lipinski definition) is 1. The minimum atomic E-state index is -0.779. The fourth-order valence-electron chi connectivity index (χ4n) is 1.71. The molecule has 0 fully saturated rings. The highest BCUT2D eigenvalue weighted by Gasteiger charge is 2.16. The summed E-state index contributed by atoms with van der Waals surface area (Å²) in [4.78, 5) is 12.0. The van der Waals surface area contributed by atoms with Crippen molar-refractivity contribution in [1.82, 2.24) is 0 Å². The molecule has 0 aliphatic heterocycles. The van der Waals surface area contributed by atoms with Gasteiger partial charge < -0.3 is 5.11 Å². The van der Waals surface area contributed by atoms with Crippen molar-refractivity contribution in [2.75, 3.05) is 0 Å². The van der Waals surface area contributed by atoms with Gasteiger partial charge in [-0.25, -0.2) is 0 Å². The van der Waals surface area contributed by atoms with E-state index in [0.29, 0.717) is 0 Å². The van der Waals surface area contributed by atoms with Gasteiger partial charge in [0.15, 0.2) is 0 Å². The van der Waals surface area contributed by atoms with E-state index in [9.17, 15) is 4.79 Å². The van der Waals surface area contributed by atoms with E-state index in [2.05, 4.69) is 19.1 Å². The smallest absolute Gasteiger partial charge is 0.310 e.